The van der Waals surface area contributed by atoms with Crippen molar-refractivity contribution in [3.8, 4) is 11.8 Å². The molecule has 0 aliphatic heterocycles. The van der Waals surface area contributed by atoms with E-state index >= 15 is 0 Å². The summed E-state index contributed by atoms with van der Waals surface area (Å²) in [7, 11) is 1.60. The van der Waals surface area contributed by atoms with Crippen molar-refractivity contribution >= 4 is 11.9 Å². The fourth-order valence-electron chi connectivity index (χ4n) is 2.25. The van der Waals surface area contributed by atoms with E-state index in [4.69, 9.17) is 9.47 Å². The normalized spacial score (nSPS) is 12.6. The maximum Gasteiger partial charge on any atom is 0.346 e. The highest BCUT2D eigenvalue weighted by molar-refractivity contribution is 5.90. The second-order valence-corrected chi connectivity index (χ2v) is 5.12. The van der Waals surface area contributed by atoms with Crippen molar-refractivity contribution in [3.63, 3.8) is 0 Å². The number of nitrogens with zero attached hydrogens (tertiary/aromatic N) is 1. The van der Waals surface area contributed by atoms with E-state index in [9.17, 15) is 14.9 Å². The molecule has 0 heterocycles. The van der Waals surface area contributed by atoms with Crippen molar-refractivity contribution in [2.45, 2.75) is 38.6 Å². The molecular weight excluding hydrogens is 296 g/mol. The monoisotopic (exact) mass is 318 g/mol. The van der Waals surface area contributed by atoms with Gasteiger partial charge in [-0.25, -0.2) is 4.79 Å². The first kappa shape index (κ1) is 18.5. The molecule has 0 bridgehead atoms. The number of carbonyl (C=O) groups excluding carboxylic acids is 2. The van der Waals surface area contributed by atoms with Crippen LogP contribution in [0.2, 0.25) is 0 Å². The van der Waals surface area contributed by atoms with Crippen molar-refractivity contribution in [2.75, 3.05) is 13.7 Å². The minimum absolute atomic E-state index is 0.153. The van der Waals surface area contributed by atoms with E-state index in [-0.39, 0.29) is 13.0 Å². The molecule has 0 radical (unpaired) electrons. The second kappa shape index (κ2) is 8.79. The number of aryl methyl sites for hydroxylation is 1. The molecule has 6 nitrogen and oxygen atoms in total. The topological polar surface area (TPSA) is 88.4 Å². The van der Waals surface area contributed by atoms with Gasteiger partial charge in [0.2, 0.25) is 11.4 Å². The molecule has 0 saturated carbocycles. The van der Waals surface area contributed by atoms with Gasteiger partial charge < -0.3 is 14.8 Å². The standard InChI is InChI=1S/C17H22N2O4/c1-4-23-16(21)17(12-18,19-13(2)20)11-5-6-14-7-9-15(22-3)10-8-14/h7-10H,4-6,11H2,1-3H3,(H,19,20). The molecule has 1 atom stereocenters. The number of esters is 1. The predicted octanol–water partition coefficient (Wildman–Crippen LogP) is 1.98. The molecule has 1 aromatic rings. The Labute approximate surface area is 136 Å². The molecule has 1 amide bonds. The minimum atomic E-state index is -1.63. The van der Waals surface area contributed by atoms with E-state index in [1.54, 1.807) is 14.0 Å². The summed E-state index contributed by atoms with van der Waals surface area (Å²) in [5, 5.41) is 11.8. The number of hydrogen-bond donors (Lipinski definition) is 1. The molecule has 6 heteroatoms. The summed E-state index contributed by atoms with van der Waals surface area (Å²) in [5.74, 6) is -0.388. The van der Waals surface area contributed by atoms with Gasteiger partial charge in [0.05, 0.1) is 13.7 Å². The first-order chi connectivity index (χ1) is 11.0. The van der Waals surface area contributed by atoms with Crippen LogP contribution in [0.1, 0.15) is 32.3 Å². The van der Waals surface area contributed by atoms with Crippen LogP contribution in [0, 0.1) is 11.3 Å². The van der Waals surface area contributed by atoms with Crippen LogP contribution < -0.4 is 10.1 Å². The molecule has 0 aliphatic carbocycles. The zero-order valence-electron chi connectivity index (χ0n) is 13.7. The number of hydrogen-bond acceptors (Lipinski definition) is 5. The lowest BCUT2D eigenvalue weighted by atomic mass is 9.92. The van der Waals surface area contributed by atoms with E-state index in [0.717, 1.165) is 11.3 Å². The van der Waals surface area contributed by atoms with Crippen LogP contribution in [0.15, 0.2) is 24.3 Å². The highest BCUT2D eigenvalue weighted by atomic mass is 16.5. The van der Waals surface area contributed by atoms with Crippen LogP contribution in [0.4, 0.5) is 0 Å². The van der Waals surface area contributed by atoms with Gasteiger partial charge in [0.15, 0.2) is 0 Å². The first-order valence-corrected chi connectivity index (χ1v) is 7.47. The number of ether oxygens (including phenoxy) is 2. The van der Waals surface area contributed by atoms with Crippen molar-refractivity contribution in [2.24, 2.45) is 0 Å². The van der Waals surface area contributed by atoms with Gasteiger partial charge in [0, 0.05) is 6.92 Å². The summed E-state index contributed by atoms with van der Waals surface area (Å²) in [6.45, 7) is 3.08. The Bertz CT molecular complexity index is 577. The van der Waals surface area contributed by atoms with Gasteiger partial charge in [-0.2, -0.15) is 5.26 Å². The van der Waals surface area contributed by atoms with Crippen molar-refractivity contribution < 1.29 is 19.1 Å². The van der Waals surface area contributed by atoms with Crippen molar-refractivity contribution in [3.05, 3.63) is 29.8 Å². The first-order valence-electron chi connectivity index (χ1n) is 7.47. The van der Waals surface area contributed by atoms with Gasteiger partial charge in [-0.1, -0.05) is 12.1 Å². The predicted molar refractivity (Wildman–Crippen MR) is 84.7 cm³/mol. The van der Waals surface area contributed by atoms with Gasteiger partial charge in [-0.15, -0.1) is 0 Å². The van der Waals surface area contributed by atoms with Crippen LogP contribution >= 0.6 is 0 Å². The molecule has 124 valence electrons. The lowest BCUT2D eigenvalue weighted by Crippen LogP contribution is -2.53. The highest BCUT2D eigenvalue weighted by Crippen LogP contribution is 2.19. The zero-order valence-corrected chi connectivity index (χ0v) is 13.7. The van der Waals surface area contributed by atoms with Crippen molar-refractivity contribution in [1.82, 2.24) is 5.32 Å². The number of rotatable bonds is 8. The Morgan fingerprint density at radius 3 is 2.43 bits per heavy atom. The quantitative estimate of drug-likeness (QED) is 0.740. The third-order valence-electron chi connectivity index (χ3n) is 3.38. The maximum atomic E-state index is 12.1. The molecule has 1 aromatic carbocycles. The number of amides is 1. The molecule has 23 heavy (non-hydrogen) atoms. The fourth-order valence-corrected chi connectivity index (χ4v) is 2.25. The SMILES string of the molecule is CCOC(=O)C(C#N)(CCCc1ccc(OC)cc1)NC(C)=O. The zero-order chi connectivity index (χ0) is 17.3. The van der Waals surface area contributed by atoms with Gasteiger partial charge >= 0.3 is 5.97 Å². The van der Waals surface area contributed by atoms with Crippen molar-refractivity contribution in [1.29, 1.82) is 5.26 Å². The lowest BCUT2D eigenvalue weighted by Gasteiger charge is -2.25. The van der Waals surface area contributed by atoms with Gasteiger partial charge in [-0.3, -0.25) is 4.79 Å². The molecular formula is C17H22N2O4. The number of benzene rings is 1. The highest BCUT2D eigenvalue weighted by Gasteiger charge is 2.40. The van der Waals surface area contributed by atoms with Crippen LogP contribution in [0.3, 0.4) is 0 Å². The molecule has 0 aliphatic rings. The Kier molecular flexibility index (Phi) is 7.07. The smallest absolute Gasteiger partial charge is 0.346 e. The third kappa shape index (κ3) is 5.29. The Hall–Kier alpha value is -2.55. The van der Waals surface area contributed by atoms with Gasteiger partial charge in [0.1, 0.15) is 11.8 Å². The fraction of sp³-hybridized carbons (Fsp3) is 0.471. The van der Waals surface area contributed by atoms with Gasteiger partial charge in [-0.05, 0) is 43.9 Å². The van der Waals surface area contributed by atoms with Crippen LogP contribution in [0.5, 0.6) is 5.75 Å². The van der Waals surface area contributed by atoms with Crippen LogP contribution in [0.25, 0.3) is 0 Å². The van der Waals surface area contributed by atoms with Gasteiger partial charge in [0.25, 0.3) is 0 Å². The molecule has 0 fully saturated rings. The molecule has 1 rings (SSSR count). The average Bonchev–Trinajstić information content (AvgIpc) is 2.54. The Balaban J connectivity index is 2.74. The molecule has 1 unspecified atom stereocenters. The summed E-state index contributed by atoms with van der Waals surface area (Å²) in [4.78, 5) is 23.4. The number of nitrogens with one attached hydrogen (secondary N) is 1. The summed E-state index contributed by atoms with van der Waals surface area (Å²) in [5.41, 5.74) is -0.571. The average molecular weight is 318 g/mol. The van der Waals surface area contributed by atoms with E-state index in [1.807, 2.05) is 30.3 Å². The third-order valence-corrected chi connectivity index (χ3v) is 3.38. The van der Waals surface area contributed by atoms with Crippen LogP contribution in [-0.2, 0) is 20.7 Å². The largest absolute Gasteiger partial charge is 0.497 e. The summed E-state index contributed by atoms with van der Waals surface area (Å²) in [6, 6.07) is 9.47. The lowest BCUT2D eigenvalue weighted by molar-refractivity contribution is -0.150. The molecule has 0 saturated heterocycles. The summed E-state index contributed by atoms with van der Waals surface area (Å²) >= 11 is 0. The minimum Gasteiger partial charge on any atom is -0.497 e. The van der Waals surface area contributed by atoms with E-state index in [1.165, 1.54) is 6.92 Å². The van der Waals surface area contributed by atoms with E-state index < -0.39 is 17.4 Å². The molecule has 0 spiro atoms. The second-order valence-electron chi connectivity index (χ2n) is 5.12. The van der Waals surface area contributed by atoms with Crippen LogP contribution in [-0.4, -0.2) is 31.1 Å². The number of carbonyl (C=O) groups is 2. The number of nitriles is 1. The summed E-state index contributed by atoms with van der Waals surface area (Å²) < 4.78 is 10.0. The Morgan fingerprint density at radius 2 is 1.96 bits per heavy atom. The van der Waals surface area contributed by atoms with E-state index in [2.05, 4.69) is 5.32 Å². The maximum absolute atomic E-state index is 12.1. The van der Waals surface area contributed by atoms with E-state index in [0.29, 0.717) is 12.8 Å². The molecule has 0 aromatic heterocycles. The number of methoxy groups -OCH3 is 1. The Morgan fingerprint density at radius 1 is 1.30 bits per heavy atom. The summed E-state index contributed by atoms with van der Waals surface area (Å²) in [6.07, 6.45) is 1.42. The molecule has 1 N–H and O–H groups in total.